The highest BCUT2D eigenvalue weighted by atomic mass is 19.4. The molecular formula is C17H11F7N2O3. The number of alkyl halides is 6. The van der Waals surface area contributed by atoms with Gasteiger partial charge in [-0.15, -0.1) is 0 Å². The smallest absolute Gasteiger partial charge is 0.416 e. The first-order valence-corrected chi connectivity index (χ1v) is 7.64. The molecule has 0 aliphatic rings. The third-order valence-electron chi connectivity index (χ3n) is 3.31. The van der Waals surface area contributed by atoms with E-state index in [1.165, 1.54) is 18.2 Å². The lowest BCUT2D eigenvalue weighted by molar-refractivity contribution is -0.143. The summed E-state index contributed by atoms with van der Waals surface area (Å²) in [6.07, 6.45) is -10.2. The van der Waals surface area contributed by atoms with E-state index in [2.05, 4.69) is 4.74 Å². The van der Waals surface area contributed by atoms with Crippen LogP contribution in [0.2, 0.25) is 0 Å². The summed E-state index contributed by atoms with van der Waals surface area (Å²) >= 11 is 0. The van der Waals surface area contributed by atoms with Crippen LogP contribution in [0, 0.1) is 5.82 Å². The number of amides is 3. The Balaban J connectivity index is 2.04. The third kappa shape index (κ3) is 6.36. The van der Waals surface area contributed by atoms with Crippen molar-refractivity contribution in [3.63, 3.8) is 0 Å². The zero-order valence-electron chi connectivity index (χ0n) is 14.1. The zero-order valence-corrected chi connectivity index (χ0v) is 14.1. The van der Waals surface area contributed by atoms with Gasteiger partial charge < -0.3 is 10.1 Å². The number of hydrogen-bond acceptors (Lipinski definition) is 3. The number of carbonyl (C=O) groups is 2. The summed E-state index contributed by atoms with van der Waals surface area (Å²) in [5, 5.41) is 3.69. The van der Waals surface area contributed by atoms with E-state index in [1.54, 1.807) is 5.32 Å². The molecule has 29 heavy (non-hydrogen) atoms. The second-order valence-corrected chi connectivity index (χ2v) is 5.51. The van der Waals surface area contributed by atoms with Gasteiger partial charge in [0.25, 0.3) is 5.91 Å². The van der Waals surface area contributed by atoms with Gasteiger partial charge in [-0.3, -0.25) is 10.1 Å². The van der Waals surface area contributed by atoms with Gasteiger partial charge in [0.05, 0.1) is 16.8 Å². The molecule has 0 aliphatic carbocycles. The first kappa shape index (κ1) is 22.0. The van der Waals surface area contributed by atoms with Crippen LogP contribution in [-0.2, 0) is 17.1 Å². The highest BCUT2D eigenvalue weighted by Gasteiger charge is 2.37. The average Bonchev–Trinajstić information content (AvgIpc) is 2.60. The first-order chi connectivity index (χ1) is 13.4. The van der Waals surface area contributed by atoms with E-state index in [-0.39, 0.29) is 23.9 Å². The number of anilines is 1. The molecule has 0 fully saturated rings. The van der Waals surface area contributed by atoms with Crippen LogP contribution in [0.15, 0.2) is 42.5 Å². The molecule has 0 bridgehead atoms. The lowest BCUT2D eigenvalue weighted by Crippen LogP contribution is -2.37. The Kier molecular flexibility index (Phi) is 6.34. The molecule has 0 atom stereocenters. The molecule has 12 heteroatoms. The fourth-order valence-electron chi connectivity index (χ4n) is 2.04. The third-order valence-corrected chi connectivity index (χ3v) is 3.31. The molecule has 2 N–H and O–H groups in total. The van der Waals surface area contributed by atoms with Gasteiger partial charge in [0, 0.05) is 0 Å². The summed E-state index contributed by atoms with van der Waals surface area (Å²) in [7, 11) is 0. The number of hydrogen-bond donors (Lipinski definition) is 2. The van der Waals surface area contributed by atoms with Crippen LogP contribution in [0.25, 0.3) is 0 Å². The molecule has 2 aromatic rings. The highest BCUT2D eigenvalue weighted by molar-refractivity contribution is 6.01. The Bertz CT molecular complexity index is 878. The Hall–Kier alpha value is -3.31. The number of nitrogens with one attached hydrogen (secondary N) is 2. The first-order valence-electron chi connectivity index (χ1n) is 7.64. The Morgan fingerprint density at radius 2 is 1.45 bits per heavy atom. The molecule has 0 aliphatic heterocycles. The summed E-state index contributed by atoms with van der Waals surface area (Å²) in [6, 6.07) is 4.25. The Labute approximate surface area is 158 Å². The molecule has 2 aromatic carbocycles. The number of urea groups is 1. The van der Waals surface area contributed by atoms with Gasteiger partial charge in [0.15, 0.2) is 6.61 Å². The van der Waals surface area contributed by atoms with Crippen LogP contribution in [0.4, 0.5) is 41.2 Å². The number of imide groups is 1. The summed E-state index contributed by atoms with van der Waals surface area (Å²) < 4.78 is 94.6. The minimum absolute atomic E-state index is 0.102. The van der Waals surface area contributed by atoms with Gasteiger partial charge in [-0.1, -0.05) is 12.1 Å². The van der Waals surface area contributed by atoms with Crippen molar-refractivity contribution in [3.8, 4) is 5.75 Å². The van der Waals surface area contributed by atoms with E-state index in [4.69, 9.17) is 0 Å². The Morgan fingerprint density at radius 3 is 1.97 bits per heavy atom. The second kappa shape index (κ2) is 8.37. The minimum Gasteiger partial charge on any atom is -0.484 e. The SMILES string of the molecule is O=C(COc1cc(C(F)(F)F)cc(C(F)(F)F)c1)NC(=O)Nc1ccccc1F. The van der Waals surface area contributed by atoms with Crippen LogP contribution < -0.4 is 15.4 Å². The lowest BCUT2D eigenvalue weighted by Gasteiger charge is -2.14. The second-order valence-electron chi connectivity index (χ2n) is 5.51. The standard InChI is InChI=1S/C17H11F7N2O3/c18-12-3-1-2-4-13(12)25-15(28)26-14(27)8-29-11-6-9(16(19,20)21)5-10(7-11)17(22,23)24/h1-7H,8H2,(H2,25,26,27,28). The quantitative estimate of drug-likeness (QED) is 0.706. The molecule has 156 valence electrons. The Morgan fingerprint density at radius 1 is 0.897 bits per heavy atom. The topological polar surface area (TPSA) is 67.4 Å². The van der Waals surface area contributed by atoms with Gasteiger partial charge in [0.1, 0.15) is 11.6 Å². The number of ether oxygens (including phenoxy) is 1. The summed E-state index contributed by atoms with van der Waals surface area (Å²) in [5.74, 6) is -2.86. The van der Waals surface area contributed by atoms with Crippen LogP contribution in [0.3, 0.4) is 0 Å². The van der Waals surface area contributed by atoms with Crippen LogP contribution in [0.1, 0.15) is 11.1 Å². The normalized spacial score (nSPS) is 11.7. The average molecular weight is 424 g/mol. The molecule has 0 unspecified atom stereocenters. The summed E-state index contributed by atoms with van der Waals surface area (Å²) in [5.41, 5.74) is -3.51. The minimum atomic E-state index is -5.08. The maximum Gasteiger partial charge on any atom is 0.416 e. The monoisotopic (exact) mass is 424 g/mol. The zero-order chi connectivity index (χ0) is 21.8. The van der Waals surface area contributed by atoms with E-state index in [0.29, 0.717) is 0 Å². The van der Waals surface area contributed by atoms with Crippen molar-refractivity contribution in [2.75, 3.05) is 11.9 Å². The van der Waals surface area contributed by atoms with Crippen LogP contribution in [-0.4, -0.2) is 18.5 Å². The fourth-order valence-corrected chi connectivity index (χ4v) is 2.04. The predicted octanol–water partition coefficient (Wildman–Crippen LogP) is 4.59. The molecule has 2 rings (SSSR count). The van der Waals surface area contributed by atoms with Gasteiger partial charge in [-0.05, 0) is 30.3 Å². The molecule has 0 spiro atoms. The van der Waals surface area contributed by atoms with Gasteiger partial charge >= 0.3 is 18.4 Å². The van der Waals surface area contributed by atoms with E-state index < -0.39 is 53.6 Å². The van der Waals surface area contributed by atoms with Crippen molar-refractivity contribution in [1.82, 2.24) is 5.32 Å². The molecule has 0 aromatic heterocycles. The lowest BCUT2D eigenvalue weighted by atomic mass is 10.1. The molecule has 5 nitrogen and oxygen atoms in total. The number of para-hydroxylation sites is 1. The van der Waals surface area contributed by atoms with E-state index >= 15 is 0 Å². The summed E-state index contributed by atoms with van der Waals surface area (Å²) in [4.78, 5) is 23.2. The summed E-state index contributed by atoms with van der Waals surface area (Å²) in [6.45, 7) is -1.07. The number of benzene rings is 2. The van der Waals surface area contributed by atoms with Crippen molar-refractivity contribution in [2.45, 2.75) is 12.4 Å². The molecule has 0 radical (unpaired) electrons. The van der Waals surface area contributed by atoms with Crippen molar-refractivity contribution >= 4 is 17.6 Å². The number of carbonyl (C=O) groups excluding carboxylic acids is 2. The van der Waals surface area contributed by atoms with Crippen molar-refractivity contribution < 1.29 is 45.1 Å². The maximum atomic E-state index is 13.4. The predicted molar refractivity (Wildman–Crippen MR) is 85.5 cm³/mol. The van der Waals surface area contributed by atoms with Crippen molar-refractivity contribution in [3.05, 3.63) is 59.4 Å². The number of rotatable bonds is 4. The van der Waals surface area contributed by atoms with E-state index in [0.717, 1.165) is 6.07 Å². The van der Waals surface area contributed by atoms with Gasteiger partial charge in [-0.2, -0.15) is 26.3 Å². The fraction of sp³-hybridized carbons (Fsp3) is 0.176. The van der Waals surface area contributed by atoms with Crippen molar-refractivity contribution in [1.29, 1.82) is 0 Å². The maximum absolute atomic E-state index is 13.4. The van der Waals surface area contributed by atoms with E-state index in [1.807, 2.05) is 5.32 Å². The van der Waals surface area contributed by atoms with Crippen LogP contribution in [0.5, 0.6) is 5.75 Å². The highest BCUT2D eigenvalue weighted by Crippen LogP contribution is 2.38. The molecule has 0 heterocycles. The molecular weight excluding hydrogens is 413 g/mol. The largest absolute Gasteiger partial charge is 0.484 e. The van der Waals surface area contributed by atoms with Crippen molar-refractivity contribution in [2.24, 2.45) is 0 Å². The van der Waals surface area contributed by atoms with Crippen LogP contribution >= 0.6 is 0 Å². The number of halogens is 7. The van der Waals surface area contributed by atoms with Gasteiger partial charge in [0.2, 0.25) is 0 Å². The molecule has 0 saturated carbocycles. The molecule has 0 saturated heterocycles. The van der Waals surface area contributed by atoms with E-state index in [9.17, 15) is 40.3 Å². The molecule has 3 amide bonds. The van der Waals surface area contributed by atoms with Gasteiger partial charge in [-0.25, -0.2) is 9.18 Å².